The average Bonchev–Trinajstić information content (AvgIpc) is 3.31. The molecule has 25 heavy (non-hydrogen) atoms. The van der Waals surface area contributed by atoms with Gasteiger partial charge in [-0.2, -0.15) is 5.10 Å². The molecular weight excluding hydrogens is 342 g/mol. The molecule has 0 aliphatic carbocycles. The molecule has 3 heterocycles. The van der Waals surface area contributed by atoms with Crippen LogP contribution in [-0.2, 0) is 0 Å². The first-order valence-electron chi connectivity index (χ1n) is 7.93. The minimum atomic E-state index is -0.506. The SMILES string of the molecule is NC(=O)c1cnn(C2CCN(C(=O)c3cc4cc(Cl)ccc4[nH]3)C2)c1. The first-order valence-corrected chi connectivity index (χ1v) is 8.30. The Morgan fingerprint density at radius 3 is 2.92 bits per heavy atom. The van der Waals surface area contributed by atoms with Crippen molar-refractivity contribution in [2.45, 2.75) is 12.5 Å². The molecule has 0 radical (unpaired) electrons. The summed E-state index contributed by atoms with van der Waals surface area (Å²) in [4.78, 5) is 28.9. The van der Waals surface area contributed by atoms with Crippen molar-refractivity contribution in [2.24, 2.45) is 5.73 Å². The number of H-pyrrole nitrogens is 1. The number of halogens is 1. The van der Waals surface area contributed by atoms with Crippen molar-refractivity contribution in [3.63, 3.8) is 0 Å². The normalized spacial score (nSPS) is 17.3. The molecule has 3 aromatic rings. The molecule has 128 valence electrons. The van der Waals surface area contributed by atoms with Crippen molar-refractivity contribution in [1.82, 2.24) is 19.7 Å². The van der Waals surface area contributed by atoms with E-state index >= 15 is 0 Å². The Morgan fingerprint density at radius 2 is 2.16 bits per heavy atom. The molecule has 1 aliphatic heterocycles. The van der Waals surface area contributed by atoms with Crippen molar-refractivity contribution in [2.75, 3.05) is 13.1 Å². The van der Waals surface area contributed by atoms with Gasteiger partial charge in [-0.15, -0.1) is 0 Å². The number of fused-ring (bicyclic) bond motifs is 1. The fourth-order valence-electron chi connectivity index (χ4n) is 3.20. The molecule has 1 unspecified atom stereocenters. The molecule has 1 fully saturated rings. The highest BCUT2D eigenvalue weighted by Crippen LogP contribution is 2.25. The Morgan fingerprint density at radius 1 is 1.32 bits per heavy atom. The number of amides is 2. The van der Waals surface area contributed by atoms with Crippen LogP contribution in [0, 0.1) is 0 Å². The molecule has 1 aromatic carbocycles. The van der Waals surface area contributed by atoms with Crippen LogP contribution in [0.15, 0.2) is 36.7 Å². The highest BCUT2D eigenvalue weighted by Gasteiger charge is 2.29. The Balaban J connectivity index is 1.51. The fraction of sp³-hybridized carbons (Fsp3) is 0.235. The first-order chi connectivity index (χ1) is 12.0. The van der Waals surface area contributed by atoms with Crippen molar-refractivity contribution >= 4 is 34.3 Å². The molecule has 8 heteroatoms. The van der Waals surface area contributed by atoms with Gasteiger partial charge in [-0.25, -0.2) is 0 Å². The number of nitrogens with two attached hydrogens (primary N) is 1. The molecule has 2 amide bonds. The number of likely N-dealkylation sites (tertiary alicyclic amines) is 1. The van der Waals surface area contributed by atoms with Crippen LogP contribution >= 0.6 is 11.6 Å². The summed E-state index contributed by atoms with van der Waals surface area (Å²) >= 11 is 5.99. The number of nitrogens with zero attached hydrogens (tertiary/aromatic N) is 3. The van der Waals surface area contributed by atoms with Crippen molar-refractivity contribution in [1.29, 1.82) is 0 Å². The third-order valence-corrected chi connectivity index (χ3v) is 4.76. The monoisotopic (exact) mass is 357 g/mol. The summed E-state index contributed by atoms with van der Waals surface area (Å²) in [5.74, 6) is -0.564. The van der Waals surface area contributed by atoms with Gasteiger partial charge in [0, 0.05) is 35.2 Å². The van der Waals surface area contributed by atoms with Crippen LogP contribution in [0.4, 0.5) is 0 Å². The maximum absolute atomic E-state index is 12.7. The lowest BCUT2D eigenvalue weighted by molar-refractivity contribution is 0.0782. The molecule has 4 rings (SSSR count). The molecule has 0 spiro atoms. The minimum Gasteiger partial charge on any atom is -0.366 e. The maximum Gasteiger partial charge on any atom is 0.270 e. The summed E-state index contributed by atoms with van der Waals surface area (Å²) in [5.41, 5.74) is 7.04. The fourth-order valence-corrected chi connectivity index (χ4v) is 3.38. The second-order valence-corrected chi connectivity index (χ2v) is 6.62. The number of carbonyl (C=O) groups is 2. The Bertz CT molecular complexity index is 976. The van der Waals surface area contributed by atoms with E-state index in [1.807, 2.05) is 18.2 Å². The number of benzene rings is 1. The maximum atomic E-state index is 12.7. The molecule has 0 saturated carbocycles. The van der Waals surface area contributed by atoms with E-state index in [4.69, 9.17) is 17.3 Å². The number of hydrogen-bond donors (Lipinski definition) is 2. The van der Waals surface area contributed by atoms with E-state index in [1.165, 1.54) is 6.20 Å². The largest absolute Gasteiger partial charge is 0.366 e. The predicted octanol–water partition coefficient (Wildman–Crippen LogP) is 2.20. The van der Waals surface area contributed by atoms with E-state index < -0.39 is 5.91 Å². The Labute approximate surface area is 148 Å². The standard InChI is InChI=1S/C17H16ClN5O2/c18-12-1-2-14-10(5-12)6-15(21-14)17(25)22-4-3-13(9-22)23-8-11(7-20-23)16(19)24/h1-2,5-8,13,21H,3-4,9H2,(H2,19,24). The second-order valence-electron chi connectivity index (χ2n) is 6.18. The van der Waals surface area contributed by atoms with E-state index in [0.717, 1.165) is 17.3 Å². The summed E-state index contributed by atoms with van der Waals surface area (Å²) in [6, 6.07) is 7.32. The smallest absolute Gasteiger partial charge is 0.270 e. The van der Waals surface area contributed by atoms with Gasteiger partial charge < -0.3 is 15.6 Å². The van der Waals surface area contributed by atoms with Gasteiger partial charge in [0.2, 0.25) is 0 Å². The van der Waals surface area contributed by atoms with Crippen molar-refractivity contribution in [3.05, 3.63) is 52.9 Å². The molecular formula is C17H16ClN5O2. The lowest BCUT2D eigenvalue weighted by Gasteiger charge is -2.15. The summed E-state index contributed by atoms with van der Waals surface area (Å²) in [6.07, 6.45) is 3.86. The van der Waals surface area contributed by atoms with E-state index in [2.05, 4.69) is 10.1 Å². The molecule has 1 atom stereocenters. The summed E-state index contributed by atoms with van der Waals surface area (Å²) < 4.78 is 1.71. The Hall–Kier alpha value is -2.80. The quantitative estimate of drug-likeness (QED) is 0.752. The third-order valence-electron chi connectivity index (χ3n) is 4.52. The number of aromatic amines is 1. The Kier molecular flexibility index (Phi) is 3.73. The zero-order valence-electron chi connectivity index (χ0n) is 13.3. The van der Waals surface area contributed by atoms with Gasteiger partial charge >= 0.3 is 0 Å². The van der Waals surface area contributed by atoms with Crippen LogP contribution in [0.3, 0.4) is 0 Å². The number of primary amides is 1. The van der Waals surface area contributed by atoms with Gasteiger partial charge in [-0.05, 0) is 30.7 Å². The van der Waals surface area contributed by atoms with Crippen LogP contribution in [0.25, 0.3) is 10.9 Å². The number of hydrogen-bond acceptors (Lipinski definition) is 3. The van der Waals surface area contributed by atoms with Gasteiger partial charge in [0.15, 0.2) is 0 Å². The molecule has 3 N–H and O–H groups in total. The van der Waals surface area contributed by atoms with E-state index in [9.17, 15) is 9.59 Å². The number of rotatable bonds is 3. The van der Waals surface area contributed by atoms with Gasteiger partial charge in [-0.1, -0.05) is 11.6 Å². The summed E-state index contributed by atoms with van der Waals surface area (Å²) in [6.45, 7) is 1.17. The van der Waals surface area contributed by atoms with Gasteiger partial charge in [-0.3, -0.25) is 14.3 Å². The zero-order chi connectivity index (χ0) is 17.6. The molecule has 1 saturated heterocycles. The average molecular weight is 358 g/mol. The van der Waals surface area contributed by atoms with E-state index in [-0.39, 0.29) is 11.9 Å². The van der Waals surface area contributed by atoms with Crippen molar-refractivity contribution in [3.8, 4) is 0 Å². The second kappa shape index (κ2) is 5.93. The molecule has 1 aliphatic rings. The highest BCUT2D eigenvalue weighted by molar-refractivity contribution is 6.31. The van der Waals surface area contributed by atoms with Gasteiger partial charge in [0.1, 0.15) is 5.69 Å². The minimum absolute atomic E-state index is 0.0378. The van der Waals surface area contributed by atoms with Gasteiger partial charge in [0.05, 0.1) is 17.8 Å². The lowest BCUT2D eigenvalue weighted by Crippen LogP contribution is -2.29. The topological polar surface area (TPSA) is 97.0 Å². The third kappa shape index (κ3) is 2.87. The van der Waals surface area contributed by atoms with Crippen LogP contribution in [0.2, 0.25) is 5.02 Å². The number of nitrogens with one attached hydrogen (secondary N) is 1. The molecule has 2 aromatic heterocycles. The zero-order valence-corrected chi connectivity index (χ0v) is 14.0. The van der Waals surface area contributed by atoms with Crippen LogP contribution in [-0.4, -0.2) is 44.6 Å². The lowest BCUT2D eigenvalue weighted by atomic mass is 10.2. The van der Waals surface area contributed by atoms with Crippen LogP contribution in [0.1, 0.15) is 33.3 Å². The van der Waals surface area contributed by atoms with Crippen molar-refractivity contribution < 1.29 is 9.59 Å². The predicted molar refractivity (Wildman–Crippen MR) is 93.6 cm³/mol. The van der Waals surface area contributed by atoms with E-state index in [0.29, 0.717) is 29.4 Å². The first kappa shape index (κ1) is 15.7. The molecule has 7 nitrogen and oxygen atoms in total. The number of aromatic nitrogens is 3. The van der Waals surface area contributed by atoms with Crippen LogP contribution < -0.4 is 5.73 Å². The molecule has 0 bridgehead atoms. The van der Waals surface area contributed by atoms with Crippen LogP contribution in [0.5, 0.6) is 0 Å². The summed E-state index contributed by atoms with van der Waals surface area (Å²) in [5, 5.41) is 5.73. The highest BCUT2D eigenvalue weighted by atomic mass is 35.5. The summed E-state index contributed by atoms with van der Waals surface area (Å²) in [7, 11) is 0. The van der Waals surface area contributed by atoms with E-state index in [1.54, 1.807) is 21.8 Å². The van der Waals surface area contributed by atoms with Gasteiger partial charge in [0.25, 0.3) is 11.8 Å². The number of carbonyl (C=O) groups excluding carboxylic acids is 2.